The number of carbonyl (C=O) groups is 1. The number of halogens is 1. The lowest BCUT2D eigenvalue weighted by molar-refractivity contribution is -0.123. The third-order valence-corrected chi connectivity index (χ3v) is 6.76. The van der Waals surface area contributed by atoms with Gasteiger partial charge in [0.1, 0.15) is 12.0 Å². The summed E-state index contributed by atoms with van der Waals surface area (Å²) in [4.78, 5) is 13.1. The molecule has 2 aromatic rings. The van der Waals surface area contributed by atoms with E-state index in [4.69, 9.17) is 0 Å². The fourth-order valence-corrected chi connectivity index (χ4v) is 5.52. The van der Waals surface area contributed by atoms with E-state index in [1.54, 1.807) is 28.9 Å². The minimum atomic E-state index is -0.437. The molecule has 5 nitrogen and oxygen atoms in total. The molecular formula is C21H23FN3O2S-. The maximum absolute atomic E-state index is 13.4. The van der Waals surface area contributed by atoms with E-state index in [2.05, 4.69) is 5.32 Å². The van der Waals surface area contributed by atoms with Crippen molar-refractivity contribution in [3.05, 3.63) is 71.2 Å². The zero-order chi connectivity index (χ0) is 19.7. The Morgan fingerprint density at radius 1 is 1.21 bits per heavy atom. The Morgan fingerprint density at radius 3 is 2.61 bits per heavy atom. The van der Waals surface area contributed by atoms with Crippen molar-refractivity contribution >= 4 is 23.4 Å². The first-order valence-corrected chi connectivity index (χ1v) is 10.7. The summed E-state index contributed by atoms with van der Waals surface area (Å²) >= 11 is 1.73. The molecule has 0 aromatic heterocycles. The van der Waals surface area contributed by atoms with Crippen LogP contribution in [0, 0.1) is 16.9 Å². The van der Waals surface area contributed by atoms with Gasteiger partial charge in [-0.2, -0.15) is 11.8 Å². The maximum atomic E-state index is 13.4. The highest BCUT2D eigenvalue weighted by Gasteiger charge is 2.47. The summed E-state index contributed by atoms with van der Waals surface area (Å²) in [6.45, 7) is 1.98. The van der Waals surface area contributed by atoms with Gasteiger partial charge in [-0.3, -0.25) is 15.0 Å². The van der Waals surface area contributed by atoms with E-state index in [1.807, 2.05) is 37.3 Å². The molecular weight excluding hydrogens is 377 g/mol. The van der Waals surface area contributed by atoms with Crippen LogP contribution in [0.1, 0.15) is 24.8 Å². The Bertz CT molecular complexity index is 820. The molecule has 0 saturated carbocycles. The monoisotopic (exact) mass is 400 g/mol. The Hall–Kier alpha value is -2.09. The minimum absolute atomic E-state index is 0.0322. The third-order valence-electron chi connectivity index (χ3n) is 5.57. The Morgan fingerprint density at radius 2 is 1.93 bits per heavy atom. The average Bonchev–Trinajstić information content (AvgIpc) is 3.28. The van der Waals surface area contributed by atoms with E-state index >= 15 is 0 Å². The van der Waals surface area contributed by atoms with E-state index in [1.165, 1.54) is 12.1 Å². The van der Waals surface area contributed by atoms with Crippen molar-refractivity contribution in [3.63, 3.8) is 0 Å². The van der Waals surface area contributed by atoms with Crippen LogP contribution in [0.15, 0.2) is 54.6 Å². The first kappa shape index (κ1) is 19.2. The summed E-state index contributed by atoms with van der Waals surface area (Å²) in [6.07, 6.45) is 0.233. The van der Waals surface area contributed by atoms with E-state index in [-0.39, 0.29) is 29.6 Å². The predicted octanol–water partition coefficient (Wildman–Crippen LogP) is 3.73. The molecule has 4 atom stereocenters. The number of rotatable bonds is 5. The fourth-order valence-electron chi connectivity index (χ4n) is 4.09. The molecule has 0 aliphatic carbocycles. The molecule has 2 heterocycles. The molecule has 1 N–H and O–H groups in total. The van der Waals surface area contributed by atoms with Crippen LogP contribution < -0.4 is 10.3 Å². The highest BCUT2D eigenvalue weighted by Crippen LogP contribution is 2.41. The molecule has 2 fully saturated rings. The van der Waals surface area contributed by atoms with Crippen molar-refractivity contribution in [1.29, 1.82) is 0 Å². The van der Waals surface area contributed by atoms with E-state index in [0.717, 1.165) is 22.2 Å². The van der Waals surface area contributed by atoms with Crippen LogP contribution in [-0.2, 0) is 4.79 Å². The summed E-state index contributed by atoms with van der Waals surface area (Å²) in [5.41, 5.74) is 1.55. The third kappa shape index (κ3) is 3.50. The van der Waals surface area contributed by atoms with Crippen LogP contribution in [0.25, 0.3) is 0 Å². The molecule has 0 bridgehead atoms. The standard InChI is InChI=1S/C21H23FN3O2S/c1-2-17(14-6-4-3-5-7-14)21(26)23-20-18-12-28-13-19(18)25(27)24(20)16-10-8-15(22)9-11-16/h3-11,17-20H,2,12-13H2,1H3,(H,23,26)/q-1. The molecule has 2 aromatic carbocycles. The number of amides is 1. The van der Waals surface area contributed by atoms with Gasteiger partial charge in [-0.15, -0.1) is 0 Å². The van der Waals surface area contributed by atoms with Crippen LogP contribution in [0.4, 0.5) is 10.1 Å². The number of thioether (sulfide) groups is 1. The molecule has 0 radical (unpaired) electrons. The van der Waals surface area contributed by atoms with Crippen LogP contribution >= 0.6 is 11.8 Å². The van der Waals surface area contributed by atoms with Gasteiger partial charge in [0.15, 0.2) is 0 Å². The molecule has 148 valence electrons. The van der Waals surface area contributed by atoms with Gasteiger partial charge in [-0.1, -0.05) is 37.3 Å². The second-order valence-electron chi connectivity index (χ2n) is 7.22. The SMILES string of the molecule is CCC(C(=O)NC1C2CSCC2N([O-])N1c1ccc(F)cc1)c1ccccc1. The van der Waals surface area contributed by atoms with Crippen molar-refractivity contribution in [2.45, 2.75) is 31.5 Å². The zero-order valence-electron chi connectivity index (χ0n) is 15.6. The number of hydroxylamine groups is 1. The lowest BCUT2D eigenvalue weighted by Crippen LogP contribution is -2.51. The minimum Gasteiger partial charge on any atom is -0.767 e. The molecule has 0 spiro atoms. The van der Waals surface area contributed by atoms with Gasteiger partial charge in [-0.05, 0) is 36.2 Å². The van der Waals surface area contributed by atoms with Crippen LogP contribution in [0.2, 0.25) is 0 Å². The lowest BCUT2D eigenvalue weighted by atomic mass is 9.94. The second kappa shape index (κ2) is 8.11. The van der Waals surface area contributed by atoms with Gasteiger partial charge in [0.25, 0.3) is 0 Å². The van der Waals surface area contributed by atoms with Crippen LogP contribution in [0.3, 0.4) is 0 Å². The highest BCUT2D eigenvalue weighted by molar-refractivity contribution is 7.99. The number of anilines is 1. The van der Waals surface area contributed by atoms with Crippen LogP contribution in [0.5, 0.6) is 0 Å². The number of hydrazine groups is 1. The number of hydrogen-bond acceptors (Lipinski definition) is 5. The van der Waals surface area contributed by atoms with Gasteiger partial charge in [-0.25, -0.2) is 4.39 Å². The van der Waals surface area contributed by atoms with Gasteiger partial charge in [0.05, 0.1) is 11.6 Å². The van der Waals surface area contributed by atoms with E-state index in [0.29, 0.717) is 12.1 Å². The van der Waals surface area contributed by atoms with Gasteiger partial charge < -0.3 is 10.5 Å². The van der Waals surface area contributed by atoms with Crippen molar-refractivity contribution in [2.24, 2.45) is 5.92 Å². The van der Waals surface area contributed by atoms with E-state index < -0.39 is 6.17 Å². The van der Waals surface area contributed by atoms with E-state index in [9.17, 15) is 14.4 Å². The molecule has 1 amide bonds. The molecule has 2 aliphatic rings. The summed E-state index contributed by atoms with van der Waals surface area (Å²) in [5.74, 6) is 0.861. The Balaban J connectivity index is 1.61. The molecule has 28 heavy (non-hydrogen) atoms. The van der Waals surface area contributed by atoms with Crippen molar-refractivity contribution in [2.75, 3.05) is 16.5 Å². The molecule has 2 saturated heterocycles. The zero-order valence-corrected chi connectivity index (χ0v) is 16.4. The molecule has 2 aliphatic heterocycles. The maximum Gasteiger partial charge on any atom is 0.229 e. The molecule has 7 heteroatoms. The molecule has 4 unspecified atom stereocenters. The van der Waals surface area contributed by atoms with Crippen molar-refractivity contribution < 1.29 is 9.18 Å². The number of benzene rings is 2. The smallest absolute Gasteiger partial charge is 0.229 e. The Kier molecular flexibility index (Phi) is 5.57. The van der Waals surface area contributed by atoms with Crippen molar-refractivity contribution in [3.8, 4) is 0 Å². The molecule has 4 rings (SSSR count). The quantitative estimate of drug-likeness (QED) is 0.829. The summed E-state index contributed by atoms with van der Waals surface area (Å²) in [7, 11) is 0. The van der Waals surface area contributed by atoms with Crippen LogP contribution in [-0.4, -0.2) is 34.8 Å². The second-order valence-corrected chi connectivity index (χ2v) is 8.29. The predicted molar refractivity (Wildman–Crippen MR) is 110 cm³/mol. The largest absolute Gasteiger partial charge is 0.767 e. The number of hydrogen-bond donors (Lipinski definition) is 1. The number of nitrogens with zero attached hydrogens (tertiary/aromatic N) is 2. The lowest BCUT2D eigenvalue weighted by Gasteiger charge is -2.41. The highest BCUT2D eigenvalue weighted by atomic mass is 32.2. The first-order valence-electron chi connectivity index (χ1n) is 9.54. The summed E-state index contributed by atoms with van der Waals surface area (Å²) < 4.78 is 13.4. The Labute approximate surface area is 168 Å². The number of fused-ring (bicyclic) bond motifs is 1. The van der Waals surface area contributed by atoms with Crippen molar-refractivity contribution in [1.82, 2.24) is 10.5 Å². The number of carbonyl (C=O) groups excluding carboxylic acids is 1. The van der Waals surface area contributed by atoms with Gasteiger partial charge in [0.2, 0.25) is 5.91 Å². The summed E-state index contributed by atoms with van der Waals surface area (Å²) in [6, 6.07) is 15.3. The summed E-state index contributed by atoms with van der Waals surface area (Å²) in [5, 5.41) is 18.6. The van der Waals surface area contributed by atoms with Gasteiger partial charge >= 0.3 is 0 Å². The fraction of sp³-hybridized carbons (Fsp3) is 0.381. The average molecular weight is 400 g/mol. The topological polar surface area (TPSA) is 58.6 Å². The first-order chi connectivity index (χ1) is 13.6. The normalized spacial score (nSPS) is 25.5. The number of nitrogens with one attached hydrogen (secondary N) is 1. The van der Waals surface area contributed by atoms with Gasteiger partial charge in [0, 0.05) is 23.5 Å².